The van der Waals surface area contributed by atoms with Crippen molar-refractivity contribution in [2.75, 3.05) is 0 Å². The fraction of sp³-hybridized carbons (Fsp3) is 0.136. The van der Waals surface area contributed by atoms with E-state index < -0.39 is 23.4 Å². The van der Waals surface area contributed by atoms with Gasteiger partial charge in [-0.05, 0) is 36.8 Å². The third-order valence-electron chi connectivity index (χ3n) is 4.69. The Hall–Kier alpha value is -3.99. The summed E-state index contributed by atoms with van der Waals surface area (Å²) < 4.78 is 27.8. The van der Waals surface area contributed by atoms with Gasteiger partial charge in [-0.25, -0.2) is 18.3 Å². The first-order valence-corrected chi connectivity index (χ1v) is 10.6. The van der Waals surface area contributed by atoms with Gasteiger partial charge >= 0.3 is 0 Å². The number of hydrogen-bond donors (Lipinski definition) is 2. The van der Waals surface area contributed by atoms with Gasteiger partial charge in [0, 0.05) is 23.6 Å². The van der Waals surface area contributed by atoms with Crippen LogP contribution in [0.2, 0.25) is 0 Å². The summed E-state index contributed by atoms with van der Waals surface area (Å²) in [5, 5.41) is 9.40. The third-order valence-corrected chi connectivity index (χ3v) is 5.88. The molecule has 1 aromatic carbocycles. The van der Waals surface area contributed by atoms with Gasteiger partial charge < -0.3 is 10.6 Å². The van der Waals surface area contributed by atoms with Crippen LogP contribution in [0.3, 0.4) is 0 Å². The molecule has 11 heteroatoms. The number of carbonyl (C=O) groups excluding carboxylic acids is 3. The highest BCUT2D eigenvalue weighted by molar-refractivity contribution is 7.14. The number of carbonyl (C=O) groups is 3. The molecule has 33 heavy (non-hydrogen) atoms. The van der Waals surface area contributed by atoms with Crippen LogP contribution in [0.15, 0.2) is 48.7 Å². The largest absolute Gasteiger partial charge is 0.347 e. The molecule has 0 unspecified atom stereocenters. The lowest BCUT2D eigenvalue weighted by molar-refractivity contribution is 0.0941. The number of hydrogen-bond acceptors (Lipinski definition) is 6. The predicted molar refractivity (Wildman–Crippen MR) is 116 cm³/mol. The lowest BCUT2D eigenvalue weighted by Crippen LogP contribution is -2.28. The number of rotatable bonds is 7. The van der Waals surface area contributed by atoms with E-state index in [1.807, 2.05) is 0 Å². The minimum Gasteiger partial charge on any atom is -0.347 e. The van der Waals surface area contributed by atoms with E-state index >= 15 is 0 Å². The van der Waals surface area contributed by atoms with Crippen molar-refractivity contribution < 1.29 is 23.2 Å². The zero-order valence-corrected chi connectivity index (χ0v) is 18.1. The Morgan fingerprint density at radius 2 is 1.76 bits per heavy atom. The molecule has 0 aliphatic heterocycles. The molecule has 0 aliphatic rings. The third kappa shape index (κ3) is 4.93. The van der Waals surface area contributed by atoms with Crippen molar-refractivity contribution in [1.29, 1.82) is 0 Å². The maximum atomic E-state index is 13.4. The van der Waals surface area contributed by atoms with Gasteiger partial charge in [0.05, 0.1) is 17.6 Å². The molecule has 8 nitrogen and oxygen atoms in total. The second-order valence-electron chi connectivity index (χ2n) is 7.06. The number of Topliss-reactive ketones (excluding diaryl/α,β-unsaturated/α-hetero) is 1. The molecule has 2 amide bonds. The first-order valence-electron chi connectivity index (χ1n) is 9.76. The number of benzene rings is 1. The molecular formula is C22H17F2N5O3S. The summed E-state index contributed by atoms with van der Waals surface area (Å²) in [6, 6.07) is 9.61. The van der Waals surface area contributed by atoms with Crippen LogP contribution in [-0.4, -0.2) is 32.2 Å². The Morgan fingerprint density at radius 3 is 2.48 bits per heavy atom. The molecule has 4 rings (SSSR count). The number of fused-ring (bicyclic) bond motifs is 1. The monoisotopic (exact) mass is 469 g/mol. The molecule has 0 aliphatic carbocycles. The van der Waals surface area contributed by atoms with Crippen molar-refractivity contribution in [3.05, 3.63) is 87.0 Å². The Labute approximate surface area is 190 Å². The number of nitrogens with one attached hydrogen (secondary N) is 2. The number of nitrogens with zero attached hydrogens (tertiary/aromatic N) is 3. The van der Waals surface area contributed by atoms with E-state index in [0.717, 1.165) is 17.0 Å². The second-order valence-corrected chi connectivity index (χ2v) is 8.23. The minimum absolute atomic E-state index is 0.0364. The molecular weight excluding hydrogens is 452 g/mol. The summed E-state index contributed by atoms with van der Waals surface area (Å²) in [4.78, 5) is 42.5. The van der Waals surface area contributed by atoms with Crippen LogP contribution in [0.25, 0.3) is 5.65 Å². The highest BCUT2D eigenvalue weighted by Crippen LogP contribution is 2.17. The first-order chi connectivity index (χ1) is 15.8. The number of thiophene rings is 1. The average Bonchev–Trinajstić information content (AvgIpc) is 3.47. The van der Waals surface area contributed by atoms with Crippen LogP contribution >= 0.6 is 11.3 Å². The first kappa shape index (κ1) is 22.2. The topological polar surface area (TPSA) is 105 Å². The summed E-state index contributed by atoms with van der Waals surface area (Å²) in [6.07, 6.45) is 1.44. The molecule has 0 saturated heterocycles. The normalized spacial score (nSPS) is 10.9. The van der Waals surface area contributed by atoms with Gasteiger partial charge in [0.2, 0.25) is 0 Å². The molecule has 0 atom stereocenters. The zero-order valence-electron chi connectivity index (χ0n) is 17.3. The number of ketones is 1. The van der Waals surface area contributed by atoms with Gasteiger partial charge in [0.15, 0.2) is 23.1 Å². The maximum Gasteiger partial charge on any atom is 0.270 e. The van der Waals surface area contributed by atoms with Crippen LogP contribution in [0, 0.1) is 11.6 Å². The van der Waals surface area contributed by atoms with Crippen molar-refractivity contribution >= 4 is 34.6 Å². The van der Waals surface area contributed by atoms with Crippen molar-refractivity contribution in [2.45, 2.75) is 20.0 Å². The van der Waals surface area contributed by atoms with E-state index in [-0.39, 0.29) is 35.9 Å². The Morgan fingerprint density at radius 1 is 0.970 bits per heavy atom. The van der Waals surface area contributed by atoms with Crippen LogP contribution in [-0.2, 0) is 13.1 Å². The Kier molecular flexibility index (Phi) is 6.22. The fourth-order valence-corrected chi connectivity index (χ4v) is 3.88. The van der Waals surface area contributed by atoms with Crippen LogP contribution < -0.4 is 10.6 Å². The van der Waals surface area contributed by atoms with Gasteiger partial charge in [-0.1, -0.05) is 6.07 Å². The molecule has 0 bridgehead atoms. The standard InChI is InChI=1S/C22H17F2N5O3S/c1-12(30)19-5-3-14(33-19)11-26-22(32)18-9-17(28-20-6-7-27-29(18)20)21(31)25-10-13-2-4-15(23)16(24)8-13/h2-9H,10-11H2,1H3,(H,25,31)(H,26,32). The fourth-order valence-electron chi connectivity index (χ4n) is 3.03. The lowest BCUT2D eigenvalue weighted by atomic mass is 10.2. The van der Waals surface area contributed by atoms with E-state index in [1.54, 1.807) is 18.2 Å². The zero-order chi connectivity index (χ0) is 23.5. The van der Waals surface area contributed by atoms with Crippen LogP contribution in [0.4, 0.5) is 8.78 Å². The molecule has 0 radical (unpaired) electrons. The lowest BCUT2D eigenvalue weighted by Gasteiger charge is -2.09. The van der Waals surface area contributed by atoms with E-state index in [4.69, 9.17) is 0 Å². The Bertz CT molecular complexity index is 1380. The van der Waals surface area contributed by atoms with Crippen LogP contribution in [0.5, 0.6) is 0 Å². The molecule has 0 saturated carbocycles. The molecule has 3 heterocycles. The summed E-state index contributed by atoms with van der Waals surface area (Å²) in [7, 11) is 0. The summed E-state index contributed by atoms with van der Waals surface area (Å²) in [5.41, 5.74) is 0.708. The number of amides is 2. The predicted octanol–water partition coefficient (Wildman–Crippen LogP) is 3.13. The van der Waals surface area contributed by atoms with E-state index in [0.29, 0.717) is 10.4 Å². The van der Waals surface area contributed by atoms with Gasteiger partial charge in [-0.2, -0.15) is 5.10 Å². The van der Waals surface area contributed by atoms with Crippen molar-refractivity contribution in [3.63, 3.8) is 0 Å². The van der Waals surface area contributed by atoms with Crippen molar-refractivity contribution in [3.8, 4) is 0 Å². The number of halogens is 2. The molecule has 168 valence electrons. The molecule has 4 aromatic rings. The molecule has 0 fully saturated rings. The molecule has 3 aromatic heterocycles. The van der Waals surface area contributed by atoms with Gasteiger partial charge in [-0.15, -0.1) is 11.3 Å². The van der Waals surface area contributed by atoms with Crippen molar-refractivity contribution in [2.24, 2.45) is 0 Å². The van der Waals surface area contributed by atoms with E-state index in [9.17, 15) is 23.2 Å². The SMILES string of the molecule is CC(=O)c1ccc(CNC(=O)c2cc(C(=O)NCc3ccc(F)c(F)c3)nc3ccnn23)s1. The van der Waals surface area contributed by atoms with Gasteiger partial charge in [-0.3, -0.25) is 14.4 Å². The quantitative estimate of drug-likeness (QED) is 0.405. The summed E-state index contributed by atoms with van der Waals surface area (Å²) in [6.45, 7) is 1.61. The Balaban J connectivity index is 1.50. The molecule has 2 N–H and O–H groups in total. The maximum absolute atomic E-state index is 13.4. The summed E-state index contributed by atoms with van der Waals surface area (Å²) >= 11 is 1.28. The second kappa shape index (κ2) is 9.25. The highest BCUT2D eigenvalue weighted by atomic mass is 32.1. The highest BCUT2D eigenvalue weighted by Gasteiger charge is 2.18. The number of aromatic nitrogens is 3. The van der Waals surface area contributed by atoms with E-state index in [2.05, 4.69) is 20.7 Å². The van der Waals surface area contributed by atoms with Gasteiger partial charge in [0.1, 0.15) is 11.4 Å². The van der Waals surface area contributed by atoms with Crippen molar-refractivity contribution in [1.82, 2.24) is 25.2 Å². The van der Waals surface area contributed by atoms with Gasteiger partial charge in [0.25, 0.3) is 11.8 Å². The average molecular weight is 469 g/mol. The molecule has 0 spiro atoms. The summed E-state index contributed by atoms with van der Waals surface area (Å²) in [5.74, 6) is -3.13. The minimum atomic E-state index is -1.01. The van der Waals surface area contributed by atoms with Crippen LogP contribution in [0.1, 0.15) is 48.0 Å². The smallest absolute Gasteiger partial charge is 0.270 e. The van der Waals surface area contributed by atoms with E-state index in [1.165, 1.54) is 41.1 Å².